The van der Waals surface area contributed by atoms with Crippen molar-refractivity contribution in [3.05, 3.63) is 77.9 Å². The van der Waals surface area contributed by atoms with Gasteiger partial charge < -0.3 is 14.2 Å². The van der Waals surface area contributed by atoms with Crippen LogP contribution >= 0.6 is 0 Å². The van der Waals surface area contributed by atoms with E-state index >= 15 is 0 Å². The minimum absolute atomic E-state index is 0.138. The number of hydrogen-bond acceptors (Lipinski definition) is 6. The van der Waals surface area contributed by atoms with Crippen LogP contribution in [0, 0.1) is 0 Å². The Kier molecular flexibility index (Phi) is 8.61. The molecule has 0 N–H and O–H groups in total. The summed E-state index contributed by atoms with van der Waals surface area (Å²) in [5.74, 6) is 1.86. The number of hydrogen-bond donors (Lipinski definition) is 0. The molecule has 0 amide bonds. The van der Waals surface area contributed by atoms with Gasteiger partial charge in [0.1, 0.15) is 0 Å². The third-order valence-electron chi connectivity index (χ3n) is 6.97. The van der Waals surface area contributed by atoms with Gasteiger partial charge in [-0.3, -0.25) is 9.21 Å². The van der Waals surface area contributed by atoms with Gasteiger partial charge in [-0.05, 0) is 55.2 Å². The van der Waals surface area contributed by atoms with Crippen molar-refractivity contribution in [2.45, 2.75) is 43.7 Å². The fraction of sp³-hybridized carbons (Fsp3) is 0.379. The molecule has 0 unspecified atom stereocenters. The first-order chi connectivity index (χ1) is 17.9. The molecule has 0 atom stereocenters. The van der Waals surface area contributed by atoms with Crippen LogP contribution in [0.4, 0.5) is 5.69 Å². The van der Waals surface area contributed by atoms with E-state index in [-0.39, 0.29) is 6.04 Å². The number of ether oxygens (including phenoxy) is 3. The first-order valence-corrected chi connectivity index (χ1v) is 14.1. The number of sulfonamides is 1. The Morgan fingerprint density at radius 1 is 0.838 bits per heavy atom. The molecule has 3 aromatic carbocycles. The van der Waals surface area contributed by atoms with Crippen molar-refractivity contribution < 1.29 is 22.6 Å². The summed E-state index contributed by atoms with van der Waals surface area (Å²) in [7, 11) is 1.12. The largest absolute Gasteiger partial charge is 0.493 e. The van der Waals surface area contributed by atoms with E-state index in [0.29, 0.717) is 34.4 Å². The highest BCUT2D eigenvalue weighted by Crippen LogP contribution is 2.40. The number of methoxy groups -OCH3 is 3. The minimum atomic E-state index is -3.71. The molecule has 3 aromatic rings. The van der Waals surface area contributed by atoms with Gasteiger partial charge in [-0.1, -0.05) is 43.3 Å². The molecule has 1 fully saturated rings. The van der Waals surface area contributed by atoms with Crippen LogP contribution < -0.4 is 18.5 Å². The third kappa shape index (κ3) is 5.70. The Morgan fingerprint density at radius 2 is 1.49 bits per heavy atom. The maximum Gasteiger partial charge on any atom is 0.264 e. The highest BCUT2D eigenvalue weighted by atomic mass is 32.2. The lowest BCUT2D eigenvalue weighted by Crippen LogP contribution is -2.47. The quantitative estimate of drug-likeness (QED) is 0.366. The molecule has 1 heterocycles. The summed E-state index contributed by atoms with van der Waals surface area (Å²) in [6, 6.07) is 20.3. The molecular formula is C29H36N2O5S. The average Bonchev–Trinajstić information content (AvgIpc) is 2.94. The maximum absolute atomic E-state index is 13.8. The number of rotatable bonds is 10. The molecular weight excluding hydrogens is 488 g/mol. The van der Waals surface area contributed by atoms with Gasteiger partial charge in [0.15, 0.2) is 11.5 Å². The zero-order valence-electron chi connectivity index (χ0n) is 22.0. The molecule has 0 spiro atoms. The van der Waals surface area contributed by atoms with Crippen LogP contribution in [0.2, 0.25) is 0 Å². The van der Waals surface area contributed by atoms with Crippen LogP contribution in [0.1, 0.15) is 30.9 Å². The standard InChI is InChI=1S/C29H36N2O5S/c1-5-22-11-14-24(15-12-22)31(37(32,33)26-9-7-6-8-10-26)25-17-19-30(20-18-25)21-23-13-16-27(34-2)29(36-4)28(23)35-3/h6-16,25H,5,17-21H2,1-4H3. The molecule has 1 saturated heterocycles. The lowest BCUT2D eigenvalue weighted by atomic mass is 10.0. The van der Waals surface area contributed by atoms with E-state index in [4.69, 9.17) is 14.2 Å². The Bertz CT molecular complexity index is 1270. The molecule has 0 bridgehead atoms. The first-order valence-electron chi connectivity index (χ1n) is 12.6. The summed E-state index contributed by atoms with van der Waals surface area (Å²) in [5, 5.41) is 0. The number of likely N-dealkylation sites (tertiary alicyclic amines) is 1. The fourth-order valence-corrected chi connectivity index (χ4v) is 6.70. The molecule has 0 aromatic heterocycles. The van der Waals surface area contributed by atoms with Crippen molar-refractivity contribution in [2.75, 3.05) is 38.7 Å². The monoisotopic (exact) mass is 524 g/mol. The number of aryl methyl sites for hydroxylation is 1. The van der Waals surface area contributed by atoms with E-state index in [1.54, 1.807) is 49.9 Å². The topological polar surface area (TPSA) is 68.3 Å². The summed E-state index contributed by atoms with van der Waals surface area (Å²) in [4.78, 5) is 2.64. The van der Waals surface area contributed by atoms with Crippen LogP contribution in [-0.4, -0.2) is 53.8 Å². The third-order valence-corrected chi connectivity index (χ3v) is 8.86. The van der Waals surface area contributed by atoms with E-state index in [9.17, 15) is 8.42 Å². The van der Waals surface area contributed by atoms with Crippen LogP contribution in [-0.2, 0) is 23.0 Å². The van der Waals surface area contributed by atoms with E-state index in [1.807, 2.05) is 42.5 Å². The Labute approximate surface area is 220 Å². The van der Waals surface area contributed by atoms with Crippen LogP contribution in [0.5, 0.6) is 17.2 Å². The molecule has 4 rings (SSSR count). The van der Waals surface area contributed by atoms with Gasteiger partial charge in [-0.2, -0.15) is 0 Å². The summed E-state index contributed by atoms with van der Waals surface area (Å²) in [6.45, 7) is 4.29. The van der Waals surface area contributed by atoms with Gasteiger partial charge in [-0.15, -0.1) is 0 Å². The highest BCUT2D eigenvalue weighted by molar-refractivity contribution is 7.92. The second kappa shape index (κ2) is 11.9. The van der Waals surface area contributed by atoms with E-state index < -0.39 is 10.0 Å². The number of piperidine rings is 1. The van der Waals surface area contributed by atoms with Crippen molar-refractivity contribution in [1.29, 1.82) is 0 Å². The summed E-state index contributed by atoms with van der Waals surface area (Å²) in [6.07, 6.45) is 2.35. The van der Waals surface area contributed by atoms with E-state index in [1.165, 1.54) is 5.56 Å². The molecule has 7 nitrogen and oxygen atoms in total. The average molecular weight is 525 g/mol. The molecule has 8 heteroatoms. The predicted molar refractivity (Wildman–Crippen MR) is 146 cm³/mol. The van der Waals surface area contributed by atoms with Crippen molar-refractivity contribution in [3.63, 3.8) is 0 Å². The smallest absolute Gasteiger partial charge is 0.264 e. The molecule has 1 aliphatic heterocycles. The van der Waals surface area contributed by atoms with Gasteiger partial charge in [0.05, 0.1) is 31.9 Å². The lowest BCUT2D eigenvalue weighted by Gasteiger charge is -2.39. The minimum Gasteiger partial charge on any atom is -0.493 e. The van der Waals surface area contributed by atoms with Gasteiger partial charge in [0, 0.05) is 31.2 Å². The summed E-state index contributed by atoms with van der Waals surface area (Å²) < 4.78 is 45.9. The van der Waals surface area contributed by atoms with Crippen LogP contribution in [0.3, 0.4) is 0 Å². The van der Waals surface area contributed by atoms with E-state index in [2.05, 4.69) is 11.8 Å². The summed E-state index contributed by atoms with van der Waals surface area (Å²) in [5.41, 5.74) is 2.89. The number of nitrogens with zero attached hydrogens (tertiary/aromatic N) is 2. The molecule has 0 radical (unpaired) electrons. The Balaban J connectivity index is 1.56. The SMILES string of the molecule is CCc1ccc(N(C2CCN(Cc3ccc(OC)c(OC)c3OC)CC2)S(=O)(=O)c2ccccc2)cc1. The Morgan fingerprint density at radius 3 is 2.05 bits per heavy atom. The molecule has 1 aliphatic rings. The van der Waals surface area contributed by atoms with Gasteiger partial charge in [-0.25, -0.2) is 8.42 Å². The molecule has 198 valence electrons. The van der Waals surface area contributed by atoms with Crippen molar-refractivity contribution in [2.24, 2.45) is 0 Å². The fourth-order valence-electron chi connectivity index (χ4n) is 4.97. The normalized spacial score (nSPS) is 14.8. The summed E-state index contributed by atoms with van der Waals surface area (Å²) >= 11 is 0. The van der Waals surface area contributed by atoms with E-state index in [0.717, 1.165) is 37.9 Å². The second-order valence-corrected chi connectivity index (χ2v) is 10.9. The zero-order valence-corrected chi connectivity index (χ0v) is 22.8. The predicted octanol–water partition coefficient (Wildman–Crippen LogP) is 5.13. The zero-order chi connectivity index (χ0) is 26.4. The Hall–Kier alpha value is -3.23. The molecule has 0 saturated carbocycles. The molecule has 0 aliphatic carbocycles. The highest BCUT2D eigenvalue weighted by Gasteiger charge is 2.34. The second-order valence-electron chi connectivity index (χ2n) is 9.13. The van der Waals surface area contributed by atoms with Crippen molar-refractivity contribution in [3.8, 4) is 17.2 Å². The first kappa shape index (κ1) is 26.8. The van der Waals surface area contributed by atoms with Crippen molar-refractivity contribution in [1.82, 2.24) is 4.90 Å². The van der Waals surface area contributed by atoms with Gasteiger partial charge in [0.25, 0.3) is 10.0 Å². The number of benzene rings is 3. The maximum atomic E-state index is 13.8. The van der Waals surface area contributed by atoms with Crippen LogP contribution in [0.15, 0.2) is 71.6 Å². The molecule has 37 heavy (non-hydrogen) atoms. The van der Waals surface area contributed by atoms with Gasteiger partial charge >= 0.3 is 0 Å². The van der Waals surface area contributed by atoms with Crippen LogP contribution in [0.25, 0.3) is 0 Å². The van der Waals surface area contributed by atoms with Crippen molar-refractivity contribution >= 4 is 15.7 Å². The van der Waals surface area contributed by atoms with Gasteiger partial charge in [0.2, 0.25) is 5.75 Å². The lowest BCUT2D eigenvalue weighted by molar-refractivity contribution is 0.203. The number of anilines is 1.